The fourth-order valence-corrected chi connectivity index (χ4v) is 4.27. The van der Waals surface area contributed by atoms with Crippen molar-refractivity contribution in [2.75, 3.05) is 39.4 Å². The van der Waals surface area contributed by atoms with Gasteiger partial charge in [-0.05, 0) is 62.9 Å². The number of amides is 1. The van der Waals surface area contributed by atoms with Gasteiger partial charge < -0.3 is 15.0 Å². The summed E-state index contributed by atoms with van der Waals surface area (Å²) in [6, 6.07) is 5.90. The van der Waals surface area contributed by atoms with Gasteiger partial charge in [-0.1, -0.05) is 0 Å². The van der Waals surface area contributed by atoms with Crippen molar-refractivity contribution in [3.05, 3.63) is 51.7 Å². The molecule has 31 heavy (non-hydrogen) atoms. The molecule has 1 aromatic carbocycles. The highest BCUT2D eigenvalue weighted by Crippen LogP contribution is 2.23. The highest BCUT2D eigenvalue weighted by atomic mass is 19.1. The van der Waals surface area contributed by atoms with Crippen molar-refractivity contribution in [3.8, 4) is 11.4 Å². The van der Waals surface area contributed by atoms with Crippen molar-refractivity contribution < 1.29 is 13.9 Å². The number of aryl methyl sites for hydroxylation is 1. The van der Waals surface area contributed by atoms with Gasteiger partial charge in [0.15, 0.2) is 0 Å². The van der Waals surface area contributed by atoms with E-state index in [1.54, 1.807) is 12.1 Å². The number of nitrogens with one attached hydrogen (secondary N) is 2. The second-order valence-corrected chi connectivity index (χ2v) is 8.22. The molecule has 2 N–H and O–H groups in total. The SMILES string of the molecule is O=C(NCCCN1CCOCC1)C1CCc2nc(-c3ccc(F)cc3)[nH]c(=O)c2CC1. The van der Waals surface area contributed by atoms with Crippen molar-refractivity contribution in [1.82, 2.24) is 20.2 Å². The molecular formula is C23H29FN4O3. The number of carbonyl (C=O) groups excluding carboxylic acids is 1. The summed E-state index contributed by atoms with van der Waals surface area (Å²) >= 11 is 0. The van der Waals surface area contributed by atoms with Gasteiger partial charge in [0.1, 0.15) is 11.6 Å². The lowest BCUT2D eigenvalue weighted by Crippen LogP contribution is -2.38. The number of benzene rings is 1. The number of aromatic nitrogens is 2. The molecule has 4 rings (SSSR count). The largest absolute Gasteiger partial charge is 0.379 e. The van der Waals surface area contributed by atoms with E-state index in [9.17, 15) is 14.0 Å². The molecule has 1 saturated heterocycles. The second-order valence-electron chi connectivity index (χ2n) is 8.22. The summed E-state index contributed by atoms with van der Waals surface area (Å²) in [4.78, 5) is 35.1. The number of fused-ring (bicyclic) bond motifs is 1. The van der Waals surface area contributed by atoms with Gasteiger partial charge in [-0.3, -0.25) is 14.5 Å². The lowest BCUT2D eigenvalue weighted by molar-refractivity contribution is -0.125. The van der Waals surface area contributed by atoms with Gasteiger partial charge in [0.25, 0.3) is 5.56 Å². The first-order valence-electron chi connectivity index (χ1n) is 11.1. The van der Waals surface area contributed by atoms with Gasteiger partial charge in [-0.25, -0.2) is 9.37 Å². The Morgan fingerprint density at radius 3 is 2.71 bits per heavy atom. The molecule has 8 heteroatoms. The van der Waals surface area contributed by atoms with E-state index < -0.39 is 0 Å². The number of nitrogens with zero attached hydrogens (tertiary/aromatic N) is 2. The number of carbonyl (C=O) groups is 1. The van der Waals surface area contributed by atoms with Crippen LogP contribution in [0.4, 0.5) is 4.39 Å². The summed E-state index contributed by atoms with van der Waals surface area (Å²) in [7, 11) is 0. The number of hydrogen-bond donors (Lipinski definition) is 2. The summed E-state index contributed by atoms with van der Waals surface area (Å²) in [5.74, 6) is 0.0469. The van der Waals surface area contributed by atoms with E-state index in [0.717, 1.165) is 45.0 Å². The molecule has 1 aliphatic heterocycles. The van der Waals surface area contributed by atoms with E-state index >= 15 is 0 Å². The Morgan fingerprint density at radius 1 is 1.19 bits per heavy atom. The van der Waals surface area contributed by atoms with Gasteiger partial charge >= 0.3 is 0 Å². The van der Waals surface area contributed by atoms with Gasteiger partial charge in [0, 0.05) is 36.7 Å². The summed E-state index contributed by atoms with van der Waals surface area (Å²) in [6.07, 6.45) is 3.35. The van der Waals surface area contributed by atoms with Crippen molar-refractivity contribution in [3.63, 3.8) is 0 Å². The van der Waals surface area contributed by atoms with Crippen LogP contribution < -0.4 is 10.9 Å². The third kappa shape index (κ3) is 5.57. The Hall–Kier alpha value is -2.58. The molecule has 1 unspecified atom stereocenters. The van der Waals surface area contributed by atoms with Gasteiger partial charge in [-0.2, -0.15) is 0 Å². The third-order valence-corrected chi connectivity index (χ3v) is 6.12. The number of ether oxygens (including phenoxy) is 1. The average Bonchev–Trinajstić information content (AvgIpc) is 3.01. The van der Waals surface area contributed by atoms with Crippen LogP contribution in [-0.2, 0) is 22.4 Å². The minimum absolute atomic E-state index is 0.0602. The lowest BCUT2D eigenvalue weighted by Gasteiger charge is -2.26. The van der Waals surface area contributed by atoms with Crippen LogP contribution in [0.3, 0.4) is 0 Å². The zero-order valence-electron chi connectivity index (χ0n) is 17.7. The Bertz CT molecular complexity index is 954. The Balaban J connectivity index is 1.32. The Kier molecular flexibility index (Phi) is 7.09. The molecule has 1 atom stereocenters. The smallest absolute Gasteiger partial charge is 0.254 e. The number of H-pyrrole nitrogens is 1. The molecule has 0 spiro atoms. The van der Waals surface area contributed by atoms with E-state index in [4.69, 9.17) is 4.74 Å². The predicted molar refractivity (Wildman–Crippen MR) is 115 cm³/mol. The van der Waals surface area contributed by atoms with E-state index in [2.05, 4.69) is 20.2 Å². The van der Waals surface area contributed by atoms with Crippen molar-refractivity contribution in [1.29, 1.82) is 0 Å². The van der Waals surface area contributed by atoms with E-state index in [1.165, 1.54) is 12.1 Å². The average molecular weight is 429 g/mol. The maximum atomic E-state index is 13.2. The van der Waals surface area contributed by atoms with E-state index in [1.807, 2.05) is 0 Å². The van der Waals surface area contributed by atoms with Gasteiger partial charge in [-0.15, -0.1) is 0 Å². The molecule has 1 fully saturated rings. The molecule has 0 bridgehead atoms. The molecule has 2 heterocycles. The van der Waals surface area contributed by atoms with Gasteiger partial charge in [0.05, 0.1) is 18.9 Å². The zero-order chi connectivity index (χ0) is 21.6. The number of aromatic amines is 1. The predicted octanol–water partition coefficient (Wildman–Crippen LogP) is 1.91. The molecule has 2 aliphatic rings. The monoisotopic (exact) mass is 428 g/mol. The molecule has 166 valence electrons. The summed E-state index contributed by atoms with van der Waals surface area (Å²) < 4.78 is 18.5. The molecule has 1 aliphatic carbocycles. The number of hydrogen-bond acceptors (Lipinski definition) is 5. The fraction of sp³-hybridized carbons (Fsp3) is 0.522. The molecule has 0 saturated carbocycles. The van der Waals surface area contributed by atoms with Gasteiger partial charge in [0.2, 0.25) is 5.91 Å². The van der Waals surface area contributed by atoms with Crippen LogP contribution in [-0.4, -0.2) is 60.2 Å². The maximum Gasteiger partial charge on any atom is 0.254 e. The van der Waals surface area contributed by atoms with Crippen LogP contribution in [0.25, 0.3) is 11.4 Å². The Labute approximate surface area is 181 Å². The van der Waals surface area contributed by atoms with Crippen molar-refractivity contribution in [2.24, 2.45) is 5.92 Å². The first-order chi connectivity index (χ1) is 15.1. The van der Waals surface area contributed by atoms with E-state index in [0.29, 0.717) is 49.2 Å². The molecule has 1 amide bonds. The lowest BCUT2D eigenvalue weighted by atomic mass is 9.99. The zero-order valence-corrected chi connectivity index (χ0v) is 17.7. The first-order valence-corrected chi connectivity index (χ1v) is 11.1. The number of halogens is 1. The maximum absolute atomic E-state index is 13.2. The van der Waals surface area contributed by atoms with Crippen molar-refractivity contribution in [2.45, 2.75) is 32.1 Å². The van der Waals surface area contributed by atoms with Crippen LogP contribution in [0.5, 0.6) is 0 Å². The van der Waals surface area contributed by atoms with Crippen molar-refractivity contribution >= 4 is 5.91 Å². The second kappa shape index (κ2) is 10.2. The highest BCUT2D eigenvalue weighted by molar-refractivity contribution is 5.78. The first kappa shape index (κ1) is 21.6. The number of rotatable bonds is 6. The van der Waals surface area contributed by atoms with Crippen LogP contribution in [0, 0.1) is 11.7 Å². The summed E-state index contributed by atoms with van der Waals surface area (Å²) in [5.41, 5.74) is 1.90. The summed E-state index contributed by atoms with van der Waals surface area (Å²) in [5, 5.41) is 3.06. The highest BCUT2D eigenvalue weighted by Gasteiger charge is 2.25. The van der Waals surface area contributed by atoms with Crippen LogP contribution in [0.1, 0.15) is 30.5 Å². The number of morpholine rings is 1. The normalized spacial score (nSPS) is 19.5. The quantitative estimate of drug-likeness (QED) is 0.542. The van der Waals surface area contributed by atoms with Crippen LogP contribution >= 0.6 is 0 Å². The topological polar surface area (TPSA) is 87.3 Å². The van der Waals surface area contributed by atoms with Crippen LogP contribution in [0.15, 0.2) is 29.1 Å². The summed E-state index contributed by atoms with van der Waals surface area (Å²) in [6.45, 7) is 5.10. The minimum atomic E-state index is -0.334. The standard InChI is InChI=1S/C23H29FN4O3/c24-18-6-2-16(3-7-18)21-26-20-9-5-17(4-8-19(20)23(30)27-21)22(29)25-10-1-11-28-12-14-31-15-13-28/h2-3,6-7,17H,1,4-5,8-15H2,(H,25,29)(H,26,27,30). The minimum Gasteiger partial charge on any atom is -0.379 e. The fourth-order valence-electron chi connectivity index (χ4n) is 4.27. The molecule has 7 nitrogen and oxygen atoms in total. The molecular weight excluding hydrogens is 399 g/mol. The molecule has 0 radical (unpaired) electrons. The Morgan fingerprint density at radius 2 is 1.94 bits per heavy atom. The molecule has 1 aromatic heterocycles. The van der Waals surface area contributed by atoms with Crippen LogP contribution in [0.2, 0.25) is 0 Å². The molecule has 2 aromatic rings. The third-order valence-electron chi connectivity index (χ3n) is 6.12. The van der Waals surface area contributed by atoms with E-state index in [-0.39, 0.29) is 23.2 Å².